The number of ether oxygens (including phenoxy) is 1. The molecule has 4 heteroatoms. The molecule has 1 unspecified atom stereocenters. The summed E-state index contributed by atoms with van der Waals surface area (Å²) in [6.07, 6.45) is 3.18. The van der Waals surface area contributed by atoms with E-state index in [0.717, 1.165) is 19.3 Å². The monoisotopic (exact) mass is 243 g/mol. The van der Waals surface area contributed by atoms with Gasteiger partial charge in [-0.3, -0.25) is 4.79 Å². The van der Waals surface area contributed by atoms with Gasteiger partial charge < -0.3 is 14.6 Å². The Hall–Kier alpha value is -1.06. The van der Waals surface area contributed by atoms with Crippen molar-refractivity contribution in [1.82, 2.24) is 0 Å². The number of carbonyl (C=O) groups is 2. The standard InChI is InChI=1S/C13H24O4/c1-5-6-7-8-10(12(15)16)9-11(14)17-13(2,3)4/h10H,5-9H2,1-4H3,(H,15,16)/p-1. The summed E-state index contributed by atoms with van der Waals surface area (Å²) in [6, 6.07) is 0. The van der Waals surface area contributed by atoms with Crippen molar-refractivity contribution in [2.45, 2.75) is 65.4 Å². The van der Waals surface area contributed by atoms with Crippen LogP contribution in [0.15, 0.2) is 0 Å². The number of hydrogen-bond donors (Lipinski definition) is 0. The van der Waals surface area contributed by atoms with Crippen LogP contribution in [0.5, 0.6) is 0 Å². The fourth-order valence-corrected chi connectivity index (χ4v) is 1.53. The van der Waals surface area contributed by atoms with Crippen molar-refractivity contribution in [3.8, 4) is 0 Å². The van der Waals surface area contributed by atoms with Gasteiger partial charge in [0.25, 0.3) is 0 Å². The first-order chi connectivity index (χ1) is 7.76. The van der Waals surface area contributed by atoms with E-state index >= 15 is 0 Å². The molecule has 100 valence electrons. The Bertz CT molecular complexity index is 253. The summed E-state index contributed by atoms with van der Waals surface area (Å²) in [7, 11) is 0. The zero-order chi connectivity index (χ0) is 13.5. The van der Waals surface area contributed by atoms with Crippen LogP contribution in [0, 0.1) is 5.92 Å². The molecule has 0 aromatic carbocycles. The van der Waals surface area contributed by atoms with E-state index in [1.54, 1.807) is 20.8 Å². The minimum absolute atomic E-state index is 0.0939. The lowest BCUT2D eigenvalue weighted by Gasteiger charge is -2.22. The Morgan fingerprint density at radius 2 is 1.82 bits per heavy atom. The van der Waals surface area contributed by atoms with E-state index in [0.29, 0.717) is 6.42 Å². The zero-order valence-corrected chi connectivity index (χ0v) is 11.2. The van der Waals surface area contributed by atoms with Crippen LogP contribution in [0.1, 0.15) is 59.8 Å². The van der Waals surface area contributed by atoms with Crippen molar-refractivity contribution in [1.29, 1.82) is 0 Å². The number of aliphatic carboxylic acids is 1. The van der Waals surface area contributed by atoms with Gasteiger partial charge in [-0.25, -0.2) is 0 Å². The third kappa shape index (κ3) is 8.72. The van der Waals surface area contributed by atoms with Crippen LogP contribution in [0.2, 0.25) is 0 Å². The summed E-state index contributed by atoms with van der Waals surface area (Å²) in [5, 5.41) is 10.9. The van der Waals surface area contributed by atoms with Crippen molar-refractivity contribution in [3.63, 3.8) is 0 Å². The fourth-order valence-electron chi connectivity index (χ4n) is 1.53. The normalized spacial score (nSPS) is 13.2. The van der Waals surface area contributed by atoms with Gasteiger partial charge in [0.15, 0.2) is 0 Å². The molecule has 0 heterocycles. The molecule has 0 spiro atoms. The second-order valence-electron chi connectivity index (χ2n) is 5.30. The van der Waals surface area contributed by atoms with Gasteiger partial charge in [0.1, 0.15) is 5.60 Å². The van der Waals surface area contributed by atoms with Gasteiger partial charge in [-0.1, -0.05) is 26.2 Å². The molecule has 0 saturated heterocycles. The first kappa shape index (κ1) is 15.9. The molecular formula is C13H23O4-. The van der Waals surface area contributed by atoms with Crippen LogP contribution >= 0.6 is 0 Å². The molecule has 0 saturated carbocycles. The van der Waals surface area contributed by atoms with Crippen molar-refractivity contribution in [3.05, 3.63) is 0 Å². The Labute approximate surface area is 103 Å². The third-order valence-electron chi connectivity index (χ3n) is 2.32. The van der Waals surface area contributed by atoms with Crippen molar-refractivity contribution in [2.75, 3.05) is 0 Å². The average Bonchev–Trinajstić information content (AvgIpc) is 2.13. The molecule has 0 aromatic heterocycles. The summed E-state index contributed by atoms with van der Waals surface area (Å²) >= 11 is 0. The smallest absolute Gasteiger partial charge is 0.306 e. The molecule has 0 aliphatic carbocycles. The van der Waals surface area contributed by atoms with Gasteiger partial charge >= 0.3 is 5.97 Å². The summed E-state index contributed by atoms with van der Waals surface area (Å²) in [5.74, 6) is -2.36. The highest BCUT2D eigenvalue weighted by atomic mass is 16.6. The number of rotatable bonds is 7. The molecule has 0 N–H and O–H groups in total. The van der Waals surface area contributed by atoms with Gasteiger partial charge in [-0.05, 0) is 27.2 Å². The molecule has 0 amide bonds. The maximum absolute atomic E-state index is 11.5. The van der Waals surface area contributed by atoms with E-state index in [4.69, 9.17) is 4.74 Å². The van der Waals surface area contributed by atoms with Crippen LogP contribution in [-0.2, 0) is 14.3 Å². The zero-order valence-electron chi connectivity index (χ0n) is 11.2. The maximum Gasteiger partial charge on any atom is 0.306 e. The molecule has 0 bridgehead atoms. The van der Waals surface area contributed by atoms with E-state index in [1.165, 1.54) is 0 Å². The number of esters is 1. The maximum atomic E-state index is 11.5. The molecule has 0 fully saturated rings. The molecule has 0 aliphatic rings. The lowest BCUT2D eigenvalue weighted by molar-refractivity contribution is -0.312. The van der Waals surface area contributed by atoms with Crippen LogP contribution in [-0.4, -0.2) is 17.5 Å². The van der Waals surface area contributed by atoms with Crippen molar-refractivity contribution < 1.29 is 19.4 Å². The number of hydrogen-bond acceptors (Lipinski definition) is 4. The Kier molecular flexibility index (Phi) is 6.85. The van der Waals surface area contributed by atoms with Crippen LogP contribution < -0.4 is 5.11 Å². The number of carboxylic acid groups (broad SMARTS) is 1. The summed E-state index contributed by atoms with van der Waals surface area (Å²) in [5.41, 5.74) is -0.572. The largest absolute Gasteiger partial charge is 0.550 e. The summed E-state index contributed by atoms with van der Waals surface area (Å²) in [4.78, 5) is 22.4. The van der Waals surface area contributed by atoms with Gasteiger partial charge in [0.05, 0.1) is 6.42 Å². The van der Waals surface area contributed by atoms with Gasteiger partial charge in [-0.15, -0.1) is 0 Å². The molecule has 17 heavy (non-hydrogen) atoms. The average molecular weight is 243 g/mol. The molecule has 0 radical (unpaired) electrons. The van der Waals surface area contributed by atoms with Crippen LogP contribution in [0.3, 0.4) is 0 Å². The minimum Gasteiger partial charge on any atom is -0.550 e. The quantitative estimate of drug-likeness (QED) is 0.504. The predicted molar refractivity (Wildman–Crippen MR) is 63.1 cm³/mol. The summed E-state index contributed by atoms with van der Waals surface area (Å²) < 4.78 is 5.09. The van der Waals surface area contributed by atoms with Crippen LogP contribution in [0.4, 0.5) is 0 Å². The van der Waals surface area contributed by atoms with Crippen molar-refractivity contribution >= 4 is 11.9 Å². The topological polar surface area (TPSA) is 66.4 Å². The highest BCUT2D eigenvalue weighted by Gasteiger charge is 2.20. The molecule has 0 aliphatic heterocycles. The summed E-state index contributed by atoms with van der Waals surface area (Å²) in [6.45, 7) is 7.32. The van der Waals surface area contributed by atoms with E-state index in [2.05, 4.69) is 0 Å². The minimum atomic E-state index is -1.16. The molecule has 1 atom stereocenters. The fraction of sp³-hybridized carbons (Fsp3) is 0.846. The number of carboxylic acids is 1. The molecular weight excluding hydrogens is 220 g/mol. The second-order valence-corrected chi connectivity index (χ2v) is 5.30. The first-order valence-electron chi connectivity index (χ1n) is 6.19. The number of carbonyl (C=O) groups excluding carboxylic acids is 2. The highest BCUT2D eigenvalue weighted by molar-refractivity contribution is 5.77. The van der Waals surface area contributed by atoms with Crippen molar-refractivity contribution in [2.24, 2.45) is 5.92 Å². The Morgan fingerprint density at radius 1 is 1.24 bits per heavy atom. The highest BCUT2D eigenvalue weighted by Crippen LogP contribution is 2.16. The third-order valence-corrected chi connectivity index (χ3v) is 2.32. The Balaban J connectivity index is 4.16. The lowest BCUT2D eigenvalue weighted by Crippen LogP contribution is -2.34. The first-order valence-corrected chi connectivity index (χ1v) is 6.19. The predicted octanol–water partition coefficient (Wildman–Crippen LogP) is 1.66. The van der Waals surface area contributed by atoms with E-state index < -0.39 is 23.5 Å². The van der Waals surface area contributed by atoms with E-state index in [1.807, 2.05) is 6.92 Å². The van der Waals surface area contributed by atoms with Gasteiger partial charge in [-0.2, -0.15) is 0 Å². The van der Waals surface area contributed by atoms with E-state index in [9.17, 15) is 14.7 Å². The van der Waals surface area contributed by atoms with Gasteiger partial charge in [0, 0.05) is 11.9 Å². The number of unbranched alkanes of at least 4 members (excludes halogenated alkanes) is 2. The van der Waals surface area contributed by atoms with Gasteiger partial charge in [0.2, 0.25) is 0 Å². The SMILES string of the molecule is CCCCCC(CC(=O)OC(C)(C)C)C(=O)[O-]. The second kappa shape index (κ2) is 7.30. The molecule has 0 rings (SSSR count). The van der Waals surface area contributed by atoms with E-state index in [-0.39, 0.29) is 6.42 Å². The lowest BCUT2D eigenvalue weighted by atomic mass is 9.98. The molecule has 0 aromatic rings. The Morgan fingerprint density at radius 3 is 2.24 bits per heavy atom. The molecule has 4 nitrogen and oxygen atoms in total. The van der Waals surface area contributed by atoms with Crippen LogP contribution in [0.25, 0.3) is 0 Å².